The summed E-state index contributed by atoms with van der Waals surface area (Å²) in [6, 6.07) is 10.3. The Balaban J connectivity index is 2.09. The quantitative estimate of drug-likeness (QED) is 0.799. The lowest BCUT2D eigenvalue weighted by molar-refractivity contribution is 0.490. The van der Waals surface area contributed by atoms with Gasteiger partial charge in [0.15, 0.2) is 0 Å². The molecule has 1 aromatic carbocycles. The predicted octanol–water partition coefficient (Wildman–Crippen LogP) is 3.12. The Kier molecular flexibility index (Phi) is 3.71. The van der Waals surface area contributed by atoms with Crippen molar-refractivity contribution in [2.75, 3.05) is 6.54 Å². The van der Waals surface area contributed by atoms with Crippen molar-refractivity contribution >= 4 is 10.9 Å². The predicted molar refractivity (Wildman–Crippen MR) is 85.5 cm³/mol. The number of hydrogen-bond donors (Lipinski definition) is 1. The summed E-state index contributed by atoms with van der Waals surface area (Å²) in [7, 11) is 0. The molecule has 0 fully saturated rings. The van der Waals surface area contributed by atoms with Crippen LogP contribution in [-0.4, -0.2) is 21.1 Å². The number of imidazole rings is 1. The lowest BCUT2D eigenvalue weighted by Crippen LogP contribution is -2.20. The molecule has 0 aliphatic heterocycles. The molecule has 0 saturated carbocycles. The van der Waals surface area contributed by atoms with E-state index in [9.17, 15) is 0 Å². The number of rotatable bonds is 4. The van der Waals surface area contributed by atoms with Gasteiger partial charge >= 0.3 is 0 Å². The maximum Gasteiger partial charge on any atom is 0.0994 e. The van der Waals surface area contributed by atoms with Gasteiger partial charge in [0.25, 0.3) is 0 Å². The minimum atomic E-state index is 0.303. The van der Waals surface area contributed by atoms with Crippen molar-refractivity contribution in [3.8, 4) is 5.69 Å². The molecular weight excluding hydrogens is 260 g/mol. The second-order valence-corrected chi connectivity index (χ2v) is 5.66. The Bertz CT molecular complexity index is 745. The summed E-state index contributed by atoms with van der Waals surface area (Å²) in [5.74, 6) is 0.782. The topological polar surface area (TPSA) is 56.7 Å². The summed E-state index contributed by atoms with van der Waals surface area (Å²) in [5.41, 5.74) is 9.22. The molecule has 0 aliphatic carbocycles. The standard InChI is InChI=1S/C17H20N4/c1-12(2)15(9-18)17-10-19-11-21(17)14-5-6-16-13(8-14)4-3-7-20-16/h3-8,10-12,15H,9,18H2,1-2H3. The van der Waals surface area contributed by atoms with Gasteiger partial charge in [0.05, 0.1) is 11.8 Å². The molecule has 0 bridgehead atoms. The average molecular weight is 280 g/mol. The van der Waals surface area contributed by atoms with Crippen LogP contribution in [0.25, 0.3) is 16.6 Å². The normalized spacial score (nSPS) is 13.0. The van der Waals surface area contributed by atoms with Gasteiger partial charge in [0, 0.05) is 41.6 Å². The van der Waals surface area contributed by atoms with Gasteiger partial charge in [0.1, 0.15) is 0 Å². The van der Waals surface area contributed by atoms with Gasteiger partial charge < -0.3 is 10.3 Å². The zero-order valence-corrected chi connectivity index (χ0v) is 12.4. The van der Waals surface area contributed by atoms with E-state index in [1.54, 1.807) is 0 Å². The van der Waals surface area contributed by atoms with Crippen LogP contribution in [0.3, 0.4) is 0 Å². The zero-order valence-electron chi connectivity index (χ0n) is 12.4. The van der Waals surface area contributed by atoms with Gasteiger partial charge in [-0.15, -0.1) is 0 Å². The van der Waals surface area contributed by atoms with E-state index in [2.05, 4.69) is 46.6 Å². The fraction of sp³-hybridized carbons (Fsp3) is 0.294. The monoisotopic (exact) mass is 280 g/mol. The molecule has 0 aliphatic rings. The minimum Gasteiger partial charge on any atom is -0.330 e. The van der Waals surface area contributed by atoms with Gasteiger partial charge in [-0.1, -0.05) is 19.9 Å². The largest absolute Gasteiger partial charge is 0.330 e. The Morgan fingerprint density at radius 2 is 2.10 bits per heavy atom. The average Bonchev–Trinajstić information content (AvgIpc) is 2.96. The zero-order chi connectivity index (χ0) is 14.8. The Labute approximate surface area is 124 Å². The third kappa shape index (κ3) is 2.54. The van der Waals surface area contributed by atoms with Crippen LogP contribution in [-0.2, 0) is 0 Å². The molecule has 3 aromatic rings. The minimum absolute atomic E-state index is 0.303. The number of benzene rings is 1. The van der Waals surface area contributed by atoms with Crippen LogP contribution < -0.4 is 5.73 Å². The summed E-state index contributed by atoms with van der Waals surface area (Å²) < 4.78 is 2.13. The smallest absolute Gasteiger partial charge is 0.0994 e. The molecular formula is C17H20N4. The fourth-order valence-electron chi connectivity index (χ4n) is 2.74. The molecule has 4 heteroatoms. The highest BCUT2D eigenvalue weighted by molar-refractivity contribution is 5.80. The molecule has 1 atom stereocenters. The number of aromatic nitrogens is 3. The summed E-state index contributed by atoms with van der Waals surface area (Å²) >= 11 is 0. The summed E-state index contributed by atoms with van der Waals surface area (Å²) in [6.45, 7) is 5.01. The first-order valence-corrected chi connectivity index (χ1v) is 7.28. The van der Waals surface area contributed by atoms with E-state index in [0.29, 0.717) is 18.4 Å². The third-order valence-electron chi connectivity index (χ3n) is 3.97. The van der Waals surface area contributed by atoms with Crippen molar-refractivity contribution in [2.24, 2.45) is 11.7 Å². The van der Waals surface area contributed by atoms with E-state index in [1.165, 1.54) is 0 Å². The van der Waals surface area contributed by atoms with Crippen LogP contribution in [0.2, 0.25) is 0 Å². The van der Waals surface area contributed by atoms with Crippen molar-refractivity contribution in [1.29, 1.82) is 0 Å². The highest BCUT2D eigenvalue weighted by Crippen LogP contribution is 2.26. The maximum atomic E-state index is 5.95. The summed E-state index contributed by atoms with van der Waals surface area (Å²) in [4.78, 5) is 8.68. The Hall–Kier alpha value is -2.20. The van der Waals surface area contributed by atoms with Gasteiger partial charge in [-0.2, -0.15) is 0 Å². The van der Waals surface area contributed by atoms with Crippen molar-refractivity contribution in [2.45, 2.75) is 19.8 Å². The van der Waals surface area contributed by atoms with Crippen molar-refractivity contribution < 1.29 is 0 Å². The van der Waals surface area contributed by atoms with Gasteiger partial charge in [-0.05, 0) is 30.2 Å². The van der Waals surface area contributed by atoms with Crippen LogP contribution in [0, 0.1) is 5.92 Å². The lowest BCUT2D eigenvalue weighted by atomic mass is 9.93. The SMILES string of the molecule is CC(C)C(CN)c1cncn1-c1ccc2ncccc2c1. The van der Waals surface area contributed by atoms with E-state index in [0.717, 1.165) is 22.3 Å². The Morgan fingerprint density at radius 3 is 2.86 bits per heavy atom. The summed E-state index contributed by atoms with van der Waals surface area (Å²) in [5, 5.41) is 1.13. The van der Waals surface area contributed by atoms with Crippen LogP contribution in [0.15, 0.2) is 49.1 Å². The highest BCUT2D eigenvalue weighted by atomic mass is 15.1. The first kappa shape index (κ1) is 13.8. The molecule has 0 amide bonds. The molecule has 2 aromatic heterocycles. The Morgan fingerprint density at radius 1 is 1.24 bits per heavy atom. The fourth-order valence-corrected chi connectivity index (χ4v) is 2.74. The van der Waals surface area contributed by atoms with E-state index >= 15 is 0 Å². The molecule has 21 heavy (non-hydrogen) atoms. The number of hydrogen-bond acceptors (Lipinski definition) is 3. The first-order valence-electron chi connectivity index (χ1n) is 7.28. The number of nitrogens with two attached hydrogens (primary N) is 1. The van der Waals surface area contributed by atoms with E-state index < -0.39 is 0 Å². The first-order chi connectivity index (χ1) is 10.2. The van der Waals surface area contributed by atoms with Crippen molar-refractivity contribution in [3.63, 3.8) is 0 Å². The van der Waals surface area contributed by atoms with E-state index in [-0.39, 0.29) is 0 Å². The molecule has 108 valence electrons. The number of pyridine rings is 1. The van der Waals surface area contributed by atoms with Crippen LogP contribution in [0.4, 0.5) is 0 Å². The van der Waals surface area contributed by atoms with E-state index in [4.69, 9.17) is 5.73 Å². The second kappa shape index (κ2) is 5.66. The van der Waals surface area contributed by atoms with Gasteiger partial charge in [-0.25, -0.2) is 4.98 Å². The molecule has 0 saturated heterocycles. The third-order valence-corrected chi connectivity index (χ3v) is 3.97. The molecule has 4 nitrogen and oxygen atoms in total. The van der Waals surface area contributed by atoms with Crippen LogP contribution >= 0.6 is 0 Å². The van der Waals surface area contributed by atoms with Crippen molar-refractivity contribution in [1.82, 2.24) is 14.5 Å². The van der Waals surface area contributed by atoms with E-state index in [1.807, 2.05) is 30.9 Å². The van der Waals surface area contributed by atoms with Gasteiger partial charge in [-0.3, -0.25) is 4.98 Å². The number of nitrogens with zero attached hydrogens (tertiary/aromatic N) is 3. The molecule has 3 rings (SSSR count). The molecule has 0 radical (unpaired) electrons. The molecule has 2 heterocycles. The molecule has 2 N–H and O–H groups in total. The van der Waals surface area contributed by atoms with Crippen LogP contribution in [0.5, 0.6) is 0 Å². The molecule has 1 unspecified atom stereocenters. The second-order valence-electron chi connectivity index (χ2n) is 5.66. The summed E-state index contributed by atoms with van der Waals surface area (Å²) in [6.07, 6.45) is 5.59. The lowest BCUT2D eigenvalue weighted by Gasteiger charge is -2.20. The van der Waals surface area contributed by atoms with Gasteiger partial charge in [0.2, 0.25) is 0 Å². The highest BCUT2D eigenvalue weighted by Gasteiger charge is 2.19. The maximum absolute atomic E-state index is 5.95. The van der Waals surface area contributed by atoms with Crippen molar-refractivity contribution in [3.05, 3.63) is 54.7 Å². The number of fused-ring (bicyclic) bond motifs is 1. The molecule has 0 spiro atoms. The van der Waals surface area contributed by atoms with Crippen LogP contribution in [0.1, 0.15) is 25.5 Å².